The highest BCUT2D eigenvalue weighted by Gasteiger charge is 2.80. The van der Waals surface area contributed by atoms with Gasteiger partial charge in [0.25, 0.3) is 0 Å². The predicted molar refractivity (Wildman–Crippen MR) is 60.0 cm³/mol. The SMILES string of the molecule is CCC1CC2C(C3(CC)CC3C)C12C. The van der Waals surface area contributed by atoms with Crippen molar-refractivity contribution < 1.29 is 0 Å². The van der Waals surface area contributed by atoms with Gasteiger partial charge in [0, 0.05) is 0 Å². The van der Waals surface area contributed by atoms with Gasteiger partial charge in [-0.1, -0.05) is 34.1 Å². The Labute approximate surface area is 88.5 Å². The second kappa shape index (κ2) is 2.39. The van der Waals surface area contributed by atoms with Gasteiger partial charge in [0.15, 0.2) is 0 Å². The standard InChI is InChI=1S/C14H24/c1-5-10-7-11-12(13(10,11)4)14(6-2)8-9(14)3/h9-12H,5-8H2,1-4H3. The molecule has 0 saturated heterocycles. The average Bonchev–Trinajstić information content (AvgIpc) is 2.95. The fourth-order valence-electron chi connectivity index (χ4n) is 5.25. The molecule has 0 aromatic rings. The highest BCUT2D eigenvalue weighted by Crippen LogP contribution is 2.85. The maximum Gasteiger partial charge on any atom is -0.0230 e. The van der Waals surface area contributed by atoms with Crippen molar-refractivity contribution in [2.24, 2.45) is 34.5 Å². The number of rotatable bonds is 3. The summed E-state index contributed by atoms with van der Waals surface area (Å²) in [6, 6.07) is 0. The third-order valence-corrected chi connectivity index (χ3v) is 6.46. The summed E-state index contributed by atoms with van der Waals surface area (Å²) in [5, 5.41) is 0. The first-order valence-electron chi connectivity index (χ1n) is 6.61. The summed E-state index contributed by atoms with van der Waals surface area (Å²) in [5.41, 5.74) is 1.61. The van der Waals surface area contributed by atoms with Crippen LogP contribution in [0.15, 0.2) is 0 Å². The highest BCUT2D eigenvalue weighted by atomic mass is 14.8. The van der Waals surface area contributed by atoms with Gasteiger partial charge in [-0.15, -0.1) is 0 Å². The minimum atomic E-state index is 0.801. The van der Waals surface area contributed by atoms with Crippen LogP contribution in [-0.2, 0) is 0 Å². The van der Waals surface area contributed by atoms with Crippen molar-refractivity contribution in [1.29, 1.82) is 0 Å². The molecule has 0 aromatic carbocycles. The molecular formula is C14H24. The van der Waals surface area contributed by atoms with Crippen molar-refractivity contribution in [1.82, 2.24) is 0 Å². The van der Waals surface area contributed by atoms with Gasteiger partial charge in [0.1, 0.15) is 0 Å². The first kappa shape index (κ1) is 9.24. The second-order valence-corrected chi connectivity index (χ2v) is 6.48. The van der Waals surface area contributed by atoms with Gasteiger partial charge in [-0.2, -0.15) is 0 Å². The van der Waals surface area contributed by atoms with Crippen molar-refractivity contribution in [2.75, 3.05) is 0 Å². The van der Waals surface area contributed by atoms with E-state index in [-0.39, 0.29) is 0 Å². The molecular weight excluding hydrogens is 168 g/mol. The van der Waals surface area contributed by atoms with Crippen molar-refractivity contribution in [2.45, 2.75) is 53.4 Å². The van der Waals surface area contributed by atoms with E-state index in [9.17, 15) is 0 Å². The Kier molecular flexibility index (Phi) is 1.58. The molecule has 0 spiro atoms. The molecule has 0 aliphatic heterocycles. The van der Waals surface area contributed by atoms with Crippen LogP contribution in [0.2, 0.25) is 0 Å². The van der Waals surface area contributed by atoms with Gasteiger partial charge in [0.05, 0.1) is 0 Å². The summed E-state index contributed by atoms with van der Waals surface area (Å²) in [4.78, 5) is 0. The lowest BCUT2D eigenvalue weighted by atomic mass is 9.72. The van der Waals surface area contributed by atoms with E-state index >= 15 is 0 Å². The van der Waals surface area contributed by atoms with Crippen LogP contribution in [0.1, 0.15) is 53.4 Å². The van der Waals surface area contributed by atoms with Gasteiger partial charge in [0.2, 0.25) is 0 Å². The molecule has 0 heterocycles. The Hall–Kier alpha value is 0. The molecule has 3 rings (SSSR count). The maximum atomic E-state index is 2.59. The zero-order valence-corrected chi connectivity index (χ0v) is 10.1. The third-order valence-electron chi connectivity index (χ3n) is 6.46. The Bertz CT molecular complexity index is 265. The van der Waals surface area contributed by atoms with Crippen molar-refractivity contribution in [3.8, 4) is 0 Å². The van der Waals surface area contributed by atoms with Gasteiger partial charge in [-0.3, -0.25) is 0 Å². The van der Waals surface area contributed by atoms with Crippen LogP contribution >= 0.6 is 0 Å². The minimum absolute atomic E-state index is 0.801. The molecule has 0 bridgehead atoms. The molecule has 6 unspecified atom stereocenters. The Morgan fingerprint density at radius 1 is 1.29 bits per heavy atom. The zero-order valence-electron chi connectivity index (χ0n) is 10.1. The quantitative estimate of drug-likeness (QED) is 0.631. The van der Waals surface area contributed by atoms with Crippen LogP contribution in [0.5, 0.6) is 0 Å². The van der Waals surface area contributed by atoms with E-state index in [1.807, 2.05) is 0 Å². The van der Waals surface area contributed by atoms with E-state index in [1.165, 1.54) is 19.3 Å². The number of fused-ring (bicyclic) bond motifs is 1. The molecule has 80 valence electrons. The molecule has 3 saturated carbocycles. The van der Waals surface area contributed by atoms with Crippen molar-refractivity contribution in [3.63, 3.8) is 0 Å². The summed E-state index contributed by atoms with van der Waals surface area (Å²) < 4.78 is 0. The number of hydrogen-bond donors (Lipinski definition) is 0. The summed E-state index contributed by atoms with van der Waals surface area (Å²) >= 11 is 0. The Morgan fingerprint density at radius 2 is 1.93 bits per heavy atom. The second-order valence-electron chi connectivity index (χ2n) is 6.48. The molecule has 0 aromatic heterocycles. The minimum Gasteiger partial charge on any atom is -0.0651 e. The molecule has 3 aliphatic rings. The summed E-state index contributed by atoms with van der Waals surface area (Å²) in [6.45, 7) is 9.87. The average molecular weight is 192 g/mol. The first-order chi connectivity index (χ1) is 6.61. The monoisotopic (exact) mass is 192 g/mol. The molecule has 14 heavy (non-hydrogen) atoms. The van der Waals surface area contributed by atoms with E-state index in [0.29, 0.717) is 0 Å². The largest absolute Gasteiger partial charge is 0.0651 e. The lowest BCUT2D eigenvalue weighted by Gasteiger charge is -2.33. The lowest BCUT2D eigenvalue weighted by Crippen LogP contribution is -2.25. The van der Waals surface area contributed by atoms with Gasteiger partial charge >= 0.3 is 0 Å². The molecule has 0 radical (unpaired) electrons. The van der Waals surface area contributed by atoms with Crippen LogP contribution < -0.4 is 0 Å². The Balaban J connectivity index is 1.79. The van der Waals surface area contributed by atoms with Crippen LogP contribution in [0, 0.1) is 34.5 Å². The third kappa shape index (κ3) is 0.750. The van der Waals surface area contributed by atoms with Crippen LogP contribution in [0.4, 0.5) is 0 Å². The van der Waals surface area contributed by atoms with E-state index in [4.69, 9.17) is 0 Å². The van der Waals surface area contributed by atoms with E-state index in [2.05, 4.69) is 27.7 Å². The Morgan fingerprint density at radius 3 is 2.29 bits per heavy atom. The molecule has 0 heteroatoms. The zero-order chi connectivity index (χ0) is 10.1. The van der Waals surface area contributed by atoms with Crippen LogP contribution in [-0.4, -0.2) is 0 Å². The van der Waals surface area contributed by atoms with E-state index in [1.54, 1.807) is 6.42 Å². The van der Waals surface area contributed by atoms with E-state index < -0.39 is 0 Å². The smallest absolute Gasteiger partial charge is 0.0230 e. The molecule has 0 nitrogen and oxygen atoms in total. The maximum absolute atomic E-state index is 2.59. The fourth-order valence-corrected chi connectivity index (χ4v) is 5.25. The first-order valence-corrected chi connectivity index (χ1v) is 6.61. The lowest BCUT2D eigenvalue weighted by molar-refractivity contribution is 0.162. The van der Waals surface area contributed by atoms with E-state index in [0.717, 1.165) is 34.5 Å². The van der Waals surface area contributed by atoms with Gasteiger partial charge in [-0.05, 0) is 53.8 Å². The summed E-state index contributed by atoms with van der Waals surface area (Å²) in [6.07, 6.45) is 5.97. The topological polar surface area (TPSA) is 0 Å². The van der Waals surface area contributed by atoms with Crippen LogP contribution in [0.3, 0.4) is 0 Å². The van der Waals surface area contributed by atoms with Gasteiger partial charge in [-0.25, -0.2) is 0 Å². The molecule has 0 N–H and O–H groups in total. The molecule has 0 amide bonds. The summed E-state index contributed by atoms with van der Waals surface area (Å²) in [5.74, 6) is 4.38. The summed E-state index contributed by atoms with van der Waals surface area (Å²) in [7, 11) is 0. The highest BCUT2D eigenvalue weighted by molar-refractivity contribution is 5.27. The van der Waals surface area contributed by atoms with Crippen LogP contribution in [0.25, 0.3) is 0 Å². The number of hydrogen-bond acceptors (Lipinski definition) is 0. The molecule has 3 aliphatic carbocycles. The van der Waals surface area contributed by atoms with Crippen molar-refractivity contribution in [3.05, 3.63) is 0 Å². The normalized spacial score (nSPS) is 64.3. The van der Waals surface area contributed by atoms with Crippen molar-refractivity contribution >= 4 is 0 Å². The molecule has 3 fully saturated rings. The van der Waals surface area contributed by atoms with Gasteiger partial charge < -0.3 is 0 Å². The molecule has 6 atom stereocenters. The fraction of sp³-hybridized carbons (Fsp3) is 1.00. The predicted octanol–water partition coefficient (Wildman–Crippen LogP) is 4.10.